The first kappa shape index (κ1) is 18.9. The third-order valence-electron chi connectivity index (χ3n) is 6.14. The molecular weight excluding hydrogens is 424 g/mol. The maximum atomic E-state index is 13.7. The van der Waals surface area contributed by atoms with E-state index in [0.717, 1.165) is 10.0 Å². The number of ketones is 1. The van der Waals surface area contributed by atoms with Crippen LogP contribution in [0.4, 0.5) is 0 Å². The summed E-state index contributed by atoms with van der Waals surface area (Å²) in [5.41, 5.74) is -0.743. The summed E-state index contributed by atoms with van der Waals surface area (Å²) in [7, 11) is 1.23. The van der Waals surface area contributed by atoms with Crippen molar-refractivity contribution in [3.8, 4) is 5.75 Å². The summed E-state index contributed by atoms with van der Waals surface area (Å²) in [6.45, 7) is 3.75. The largest absolute Gasteiger partial charge is 0.468 e. The van der Waals surface area contributed by atoms with Crippen molar-refractivity contribution < 1.29 is 23.9 Å². The number of esters is 2. The Hall–Kier alpha value is -2.47. The lowest BCUT2D eigenvalue weighted by atomic mass is 9.83. The number of hydrogen-bond acceptors (Lipinski definition) is 5. The first-order valence-corrected chi connectivity index (χ1v) is 9.85. The third kappa shape index (κ3) is 2.15. The zero-order valence-electron chi connectivity index (χ0n) is 15.7. The van der Waals surface area contributed by atoms with Crippen molar-refractivity contribution in [2.24, 2.45) is 10.8 Å². The van der Waals surface area contributed by atoms with Gasteiger partial charge in [0.05, 0.1) is 12.5 Å². The summed E-state index contributed by atoms with van der Waals surface area (Å²) in [6.07, 6.45) is 0.306. The molecule has 144 valence electrons. The monoisotopic (exact) mass is 442 g/mol. The number of carbonyl (C=O) groups excluding carboxylic acids is 3. The molecule has 0 unspecified atom stereocenters. The Labute approximate surface area is 171 Å². The van der Waals surface area contributed by atoms with Crippen LogP contribution in [0, 0.1) is 17.8 Å². The van der Waals surface area contributed by atoms with Gasteiger partial charge in [-0.05, 0) is 31.5 Å². The van der Waals surface area contributed by atoms with Crippen molar-refractivity contribution in [3.05, 3.63) is 63.6 Å². The molecule has 5 nitrogen and oxygen atoms in total. The molecule has 3 atom stereocenters. The molecule has 0 bridgehead atoms. The lowest BCUT2D eigenvalue weighted by Gasteiger charge is -2.22. The number of rotatable bonds is 4. The predicted molar refractivity (Wildman–Crippen MR) is 105 cm³/mol. The molecule has 4 rings (SSSR count). The number of hydrogen-bond donors (Lipinski definition) is 0. The Bertz CT molecular complexity index is 1010. The van der Waals surface area contributed by atoms with Crippen LogP contribution >= 0.6 is 15.9 Å². The van der Waals surface area contributed by atoms with E-state index in [1.807, 2.05) is 32.0 Å². The molecule has 2 aliphatic rings. The Morgan fingerprint density at radius 2 is 1.86 bits per heavy atom. The zero-order valence-corrected chi connectivity index (χ0v) is 17.3. The average molecular weight is 443 g/mol. The Morgan fingerprint density at radius 3 is 2.46 bits per heavy atom. The molecule has 1 fully saturated rings. The van der Waals surface area contributed by atoms with E-state index >= 15 is 0 Å². The fourth-order valence-corrected chi connectivity index (χ4v) is 5.19. The highest BCUT2D eigenvalue weighted by Crippen LogP contribution is 2.80. The Kier molecular flexibility index (Phi) is 4.23. The van der Waals surface area contributed by atoms with E-state index < -0.39 is 28.7 Å². The number of methoxy groups -OCH3 is 1. The highest BCUT2D eigenvalue weighted by atomic mass is 79.9. The zero-order chi connectivity index (χ0) is 20.3. The van der Waals surface area contributed by atoms with Crippen LogP contribution in [0.5, 0.6) is 5.75 Å². The van der Waals surface area contributed by atoms with E-state index in [1.54, 1.807) is 24.3 Å². The number of carbonyl (C=O) groups is 3. The number of benzene rings is 2. The van der Waals surface area contributed by atoms with Gasteiger partial charge in [-0.25, -0.2) is 0 Å². The fraction of sp³-hybridized carbons (Fsp3) is 0.318. The van der Waals surface area contributed by atoms with Crippen molar-refractivity contribution in [2.75, 3.05) is 7.11 Å². The number of aryl methyl sites for hydroxylation is 1. The summed E-state index contributed by atoms with van der Waals surface area (Å²) >= 11 is 3.43. The lowest BCUT2D eigenvalue weighted by Crippen LogP contribution is -2.40. The highest BCUT2D eigenvalue weighted by molar-refractivity contribution is 9.10. The smallest absolute Gasteiger partial charge is 0.330 e. The number of halogens is 1. The van der Waals surface area contributed by atoms with E-state index in [0.29, 0.717) is 23.3 Å². The molecule has 1 aliphatic heterocycles. The average Bonchev–Trinajstić information content (AvgIpc) is 3.35. The molecule has 0 aromatic heterocycles. The van der Waals surface area contributed by atoms with Crippen molar-refractivity contribution >= 4 is 33.7 Å². The van der Waals surface area contributed by atoms with Gasteiger partial charge in [0.1, 0.15) is 5.75 Å². The standard InChI is InChI=1S/C22H19BrO5/c1-4-21(18(24)13-7-5-12(2)6-8-13)17-15-11-14(23)9-10-16(15)28-20(26)22(17,21)19(25)27-3/h5-11,17H,4H2,1-3H3/t17-,21+,22-/m1/s1. The molecule has 1 aliphatic carbocycles. The van der Waals surface area contributed by atoms with Crippen LogP contribution in [0.25, 0.3) is 0 Å². The van der Waals surface area contributed by atoms with Gasteiger partial charge in [-0.1, -0.05) is 52.7 Å². The Morgan fingerprint density at radius 1 is 1.18 bits per heavy atom. The number of Topliss-reactive ketones (excluding diaryl/α,β-unsaturated/α-hetero) is 1. The normalized spacial score (nSPS) is 27.3. The summed E-state index contributed by atoms with van der Waals surface area (Å²) in [6, 6.07) is 12.4. The second-order valence-electron chi connectivity index (χ2n) is 7.32. The second kappa shape index (κ2) is 6.27. The molecule has 2 aromatic rings. The summed E-state index contributed by atoms with van der Waals surface area (Å²) in [4.78, 5) is 39.7. The SMILES string of the molecule is CC[C@@]1(C(=O)c2ccc(C)cc2)[C@H]2c3cc(Br)ccc3OC(=O)[C@]21C(=O)OC. The van der Waals surface area contributed by atoms with Crippen molar-refractivity contribution in [1.29, 1.82) is 0 Å². The molecule has 1 saturated carbocycles. The van der Waals surface area contributed by atoms with Gasteiger partial charge in [0.25, 0.3) is 0 Å². The number of fused-ring (bicyclic) bond motifs is 3. The fourth-order valence-electron chi connectivity index (χ4n) is 4.81. The second-order valence-corrected chi connectivity index (χ2v) is 8.24. The van der Waals surface area contributed by atoms with E-state index in [-0.39, 0.29) is 5.78 Å². The molecule has 0 spiro atoms. The van der Waals surface area contributed by atoms with Crippen LogP contribution < -0.4 is 4.74 Å². The first-order chi connectivity index (χ1) is 13.3. The van der Waals surface area contributed by atoms with Crippen LogP contribution in [0.3, 0.4) is 0 Å². The van der Waals surface area contributed by atoms with Crippen molar-refractivity contribution in [2.45, 2.75) is 26.2 Å². The van der Waals surface area contributed by atoms with E-state index in [4.69, 9.17) is 9.47 Å². The van der Waals surface area contributed by atoms with Gasteiger partial charge in [0.2, 0.25) is 0 Å². The van der Waals surface area contributed by atoms with Crippen LogP contribution in [-0.2, 0) is 14.3 Å². The summed E-state index contributed by atoms with van der Waals surface area (Å²) < 4.78 is 11.3. The van der Waals surface area contributed by atoms with Gasteiger partial charge in [-0.15, -0.1) is 0 Å². The van der Waals surface area contributed by atoms with Crippen molar-refractivity contribution in [3.63, 3.8) is 0 Å². The molecular formula is C22H19BrO5. The summed E-state index contributed by atoms with van der Waals surface area (Å²) in [5.74, 6) is -1.93. The van der Waals surface area contributed by atoms with E-state index in [1.165, 1.54) is 7.11 Å². The van der Waals surface area contributed by atoms with Gasteiger partial charge in [-0.3, -0.25) is 14.4 Å². The molecule has 6 heteroatoms. The van der Waals surface area contributed by atoms with Crippen LogP contribution in [-0.4, -0.2) is 24.8 Å². The minimum atomic E-state index is -1.66. The molecule has 0 saturated heterocycles. The Balaban J connectivity index is 1.95. The minimum Gasteiger partial charge on any atom is -0.468 e. The van der Waals surface area contributed by atoms with E-state index in [9.17, 15) is 14.4 Å². The van der Waals surface area contributed by atoms with Gasteiger partial charge >= 0.3 is 11.9 Å². The van der Waals surface area contributed by atoms with Crippen LogP contribution in [0.2, 0.25) is 0 Å². The molecule has 2 aromatic carbocycles. The van der Waals surface area contributed by atoms with Gasteiger partial charge in [0, 0.05) is 21.5 Å². The lowest BCUT2D eigenvalue weighted by molar-refractivity contribution is -0.160. The third-order valence-corrected chi connectivity index (χ3v) is 6.63. The summed E-state index contributed by atoms with van der Waals surface area (Å²) in [5, 5.41) is 0. The maximum absolute atomic E-state index is 13.7. The number of ether oxygens (including phenoxy) is 2. The molecule has 0 amide bonds. The molecule has 0 N–H and O–H groups in total. The van der Waals surface area contributed by atoms with Gasteiger partial charge in [0.15, 0.2) is 11.2 Å². The highest BCUT2D eigenvalue weighted by Gasteiger charge is 2.90. The molecule has 0 radical (unpaired) electrons. The van der Waals surface area contributed by atoms with Crippen LogP contribution in [0.15, 0.2) is 46.9 Å². The predicted octanol–water partition coefficient (Wildman–Crippen LogP) is 4.21. The maximum Gasteiger partial charge on any atom is 0.330 e. The molecule has 28 heavy (non-hydrogen) atoms. The molecule has 1 heterocycles. The minimum absolute atomic E-state index is 0.241. The quantitative estimate of drug-likeness (QED) is 0.307. The van der Waals surface area contributed by atoms with Crippen molar-refractivity contribution in [1.82, 2.24) is 0 Å². The first-order valence-electron chi connectivity index (χ1n) is 9.06. The van der Waals surface area contributed by atoms with Gasteiger partial charge in [-0.2, -0.15) is 0 Å². The van der Waals surface area contributed by atoms with Gasteiger partial charge < -0.3 is 9.47 Å². The van der Waals surface area contributed by atoms with Crippen LogP contribution in [0.1, 0.15) is 40.7 Å². The van der Waals surface area contributed by atoms with E-state index in [2.05, 4.69) is 15.9 Å². The topological polar surface area (TPSA) is 69.7 Å².